The number of nitrogens with zero attached hydrogens (tertiary/aromatic N) is 1. The van der Waals surface area contributed by atoms with Crippen molar-refractivity contribution in [1.29, 1.82) is 0 Å². The Balaban J connectivity index is 3.34. The third kappa shape index (κ3) is 6.22. The summed E-state index contributed by atoms with van der Waals surface area (Å²) in [5.41, 5.74) is 4.30. The van der Waals surface area contributed by atoms with Crippen molar-refractivity contribution in [3.05, 3.63) is 0 Å². The molecule has 1 aliphatic rings. The average Bonchev–Trinajstić information content (AvgIpc) is 2.49. The van der Waals surface area contributed by atoms with Crippen LogP contribution in [0.25, 0.3) is 0 Å². The number of amides is 2. The maximum atomic E-state index is 11.8. The van der Waals surface area contributed by atoms with Crippen LogP contribution >= 0.6 is 11.6 Å². The molecule has 2 amide bonds. The van der Waals surface area contributed by atoms with Gasteiger partial charge in [-0.2, -0.15) is 0 Å². The zero-order valence-electron chi connectivity index (χ0n) is 15.3. The summed E-state index contributed by atoms with van der Waals surface area (Å²) in [6, 6.07) is -2.40. The molecule has 0 spiro atoms. The van der Waals surface area contributed by atoms with Gasteiger partial charge in [0.1, 0.15) is 24.3 Å². The van der Waals surface area contributed by atoms with Crippen molar-refractivity contribution in [3.8, 4) is 0 Å². The second-order valence-electron chi connectivity index (χ2n) is 5.83. The van der Waals surface area contributed by atoms with E-state index in [4.69, 9.17) is 36.3 Å². The van der Waals surface area contributed by atoms with Gasteiger partial charge in [-0.05, 0) is 6.92 Å². The van der Waals surface area contributed by atoms with Gasteiger partial charge in [-0.3, -0.25) is 19.3 Å². The molecule has 1 saturated heterocycles. The fourth-order valence-electron chi connectivity index (χ4n) is 2.76. The minimum Gasteiger partial charge on any atom is -0.463 e. The molecule has 3 N–H and O–H groups in total. The van der Waals surface area contributed by atoms with Crippen LogP contribution in [0, 0.1) is 0 Å². The summed E-state index contributed by atoms with van der Waals surface area (Å²) in [5.74, 6) is -2.18. The first-order valence-electron chi connectivity index (χ1n) is 7.98. The molecule has 1 aliphatic heterocycles. The van der Waals surface area contributed by atoms with Crippen LogP contribution in [0.5, 0.6) is 0 Å². The van der Waals surface area contributed by atoms with Crippen molar-refractivity contribution in [2.75, 3.05) is 6.61 Å². The maximum Gasteiger partial charge on any atom is 0.316 e. The lowest BCUT2D eigenvalue weighted by Gasteiger charge is -2.47. The summed E-state index contributed by atoms with van der Waals surface area (Å²) in [6.07, 6.45) is -5.59. The van der Waals surface area contributed by atoms with Gasteiger partial charge in [0.05, 0.1) is 0 Å². The van der Waals surface area contributed by atoms with Crippen molar-refractivity contribution < 1.29 is 43.2 Å². The first-order chi connectivity index (χ1) is 12.5. The third-order valence-electron chi connectivity index (χ3n) is 3.65. The molecular formula is C15H23ClN2O9. The quantitative estimate of drug-likeness (QED) is 0.254. The fraction of sp³-hybridized carbons (Fsp3) is 0.733. The number of hydrogen-bond acceptors (Lipinski definition) is 9. The van der Waals surface area contributed by atoms with Gasteiger partial charge in [-0.15, -0.1) is 0 Å². The molecule has 27 heavy (non-hydrogen) atoms. The highest BCUT2D eigenvalue weighted by Crippen LogP contribution is 2.30. The van der Waals surface area contributed by atoms with E-state index in [1.54, 1.807) is 0 Å². The Hall–Kier alpha value is -2.11. The van der Waals surface area contributed by atoms with Gasteiger partial charge >= 0.3 is 23.9 Å². The van der Waals surface area contributed by atoms with Crippen LogP contribution in [-0.2, 0) is 33.3 Å². The largest absolute Gasteiger partial charge is 0.463 e. The van der Waals surface area contributed by atoms with E-state index >= 15 is 0 Å². The number of carbonyl (C=O) groups excluding carboxylic acids is 4. The lowest BCUT2D eigenvalue weighted by atomic mass is 9.95. The van der Waals surface area contributed by atoms with E-state index < -0.39 is 66.7 Å². The summed E-state index contributed by atoms with van der Waals surface area (Å²) < 4.78 is 20.6. The van der Waals surface area contributed by atoms with Crippen LogP contribution in [0.15, 0.2) is 0 Å². The Morgan fingerprint density at radius 2 is 1.63 bits per heavy atom. The SMILES string of the molecule is CC(=O)OC[C@H]1OC(O)[C@H](N(C(N)=O)C(C)Cl)[C@@H](OC(C)=O)[C@@H]1OC(C)=O. The number of aliphatic hydroxyl groups excluding tert-OH is 1. The number of carbonyl (C=O) groups is 4. The van der Waals surface area contributed by atoms with Gasteiger partial charge < -0.3 is 29.8 Å². The van der Waals surface area contributed by atoms with Crippen LogP contribution in [-0.4, -0.2) is 76.7 Å². The molecule has 0 aliphatic carbocycles. The van der Waals surface area contributed by atoms with E-state index in [1.807, 2.05) is 0 Å². The summed E-state index contributed by atoms with van der Waals surface area (Å²) >= 11 is 5.97. The minimum absolute atomic E-state index is 0.401. The molecule has 1 fully saturated rings. The van der Waals surface area contributed by atoms with Gasteiger partial charge in [-0.1, -0.05) is 11.6 Å². The molecule has 12 heteroatoms. The second-order valence-corrected chi connectivity index (χ2v) is 6.46. The van der Waals surface area contributed by atoms with Crippen LogP contribution in [0.2, 0.25) is 0 Å². The molecule has 2 unspecified atom stereocenters. The number of nitrogens with two attached hydrogens (primary N) is 1. The Labute approximate surface area is 160 Å². The smallest absolute Gasteiger partial charge is 0.316 e. The number of urea groups is 1. The highest BCUT2D eigenvalue weighted by molar-refractivity contribution is 6.21. The Morgan fingerprint density at radius 3 is 2.04 bits per heavy atom. The number of alkyl halides is 1. The minimum atomic E-state index is -1.73. The monoisotopic (exact) mass is 410 g/mol. The molecule has 0 saturated carbocycles. The number of esters is 3. The van der Waals surface area contributed by atoms with E-state index in [2.05, 4.69) is 0 Å². The Morgan fingerprint density at radius 1 is 1.11 bits per heavy atom. The molecule has 0 radical (unpaired) electrons. The molecule has 0 aromatic heterocycles. The summed E-state index contributed by atoms with van der Waals surface area (Å²) in [6.45, 7) is 4.33. The molecule has 0 aromatic rings. The van der Waals surface area contributed by atoms with E-state index in [1.165, 1.54) is 6.92 Å². The zero-order chi connectivity index (χ0) is 20.9. The lowest BCUT2D eigenvalue weighted by Crippen LogP contribution is -2.68. The second kappa shape index (κ2) is 9.72. The Bertz CT molecular complexity index is 586. The van der Waals surface area contributed by atoms with Crippen LogP contribution < -0.4 is 5.73 Å². The summed E-state index contributed by atoms with van der Waals surface area (Å²) in [4.78, 5) is 46.9. The number of halogens is 1. The number of aliphatic hydroxyl groups is 1. The van der Waals surface area contributed by atoms with Crippen molar-refractivity contribution in [3.63, 3.8) is 0 Å². The highest BCUT2D eigenvalue weighted by Gasteiger charge is 2.53. The normalized spacial score (nSPS) is 28.6. The zero-order valence-corrected chi connectivity index (χ0v) is 16.0. The van der Waals surface area contributed by atoms with E-state index in [-0.39, 0.29) is 0 Å². The van der Waals surface area contributed by atoms with Crippen molar-refractivity contribution >= 4 is 35.5 Å². The first-order valence-corrected chi connectivity index (χ1v) is 8.42. The molecule has 1 rings (SSSR count). The topological polar surface area (TPSA) is 155 Å². The summed E-state index contributed by atoms with van der Waals surface area (Å²) in [5, 5.41) is 10.4. The van der Waals surface area contributed by atoms with E-state index in [0.717, 1.165) is 25.7 Å². The molecule has 0 aromatic carbocycles. The number of primary amides is 1. The van der Waals surface area contributed by atoms with E-state index in [0.29, 0.717) is 0 Å². The molecule has 154 valence electrons. The molecular weight excluding hydrogens is 388 g/mol. The fourth-order valence-corrected chi connectivity index (χ4v) is 2.98. The Kier molecular flexibility index (Phi) is 8.25. The first kappa shape index (κ1) is 22.9. The number of rotatable bonds is 6. The number of ether oxygens (including phenoxy) is 4. The third-order valence-corrected chi connectivity index (χ3v) is 3.86. The van der Waals surface area contributed by atoms with Crippen LogP contribution in [0.3, 0.4) is 0 Å². The van der Waals surface area contributed by atoms with Crippen molar-refractivity contribution in [2.24, 2.45) is 5.73 Å². The van der Waals surface area contributed by atoms with Gasteiger partial charge in [0, 0.05) is 20.8 Å². The maximum absolute atomic E-state index is 11.8. The molecule has 0 bridgehead atoms. The van der Waals surface area contributed by atoms with Gasteiger partial charge in [0.2, 0.25) is 0 Å². The highest BCUT2D eigenvalue weighted by atomic mass is 35.5. The van der Waals surface area contributed by atoms with Gasteiger partial charge in [-0.25, -0.2) is 4.79 Å². The molecule has 1 heterocycles. The average molecular weight is 411 g/mol. The van der Waals surface area contributed by atoms with Crippen LogP contribution in [0.1, 0.15) is 27.7 Å². The van der Waals surface area contributed by atoms with Gasteiger partial charge in [0.25, 0.3) is 0 Å². The predicted octanol–water partition coefficient (Wildman–Crippen LogP) is -0.536. The molecule has 11 nitrogen and oxygen atoms in total. The lowest BCUT2D eigenvalue weighted by molar-refractivity contribution is -0.276. The predicted molar refractivity (Wildman–Crippen MR) is 89.1 cm³/mol. The van der Waals surface area contributed by atoms with Crippen molar-refractivity contribution in [1.82, 2.24) is 4.90 Å². The summed E-state index contributed by atoms with van der Waals surface area (Å²) in [7, 11) is 0. The van der Waals surface area contributed by atoms with Gasteiger partial charge in [0.15, 0.2) is 18.5 Å². The van der Waals surface area contributed by atoms with Crippen molar-refractivity contribution in [2.45, 2.75) is 63.8 Å². The standard InChI is InChI=1S/C15H23ClN2O9/c1-6(16)18(15(17)23)11-13(26-9(4)21)12(25-8(3)20)10(27-14(11)22)5-24-7(2)19/h6,10-14,22H,5H2,1-4H3,(H2,17,23)/t6?,10-,11-,12-,13-,14?/m1/s1. The molecule has 6 atom stereocenters. The van der Waals surface area contributed by atoms with E-state index in [9.17, 15) is 24.3 Å². The van der Waals surface area contributed by atoms with Crippen LogP contribution in [0.4, 0.5) is 4.79 Å². The number of hydrogen-bond donors (Lipinski definition) is 2.